The van der Waals surface area contributed by atoms with Gasteiger partial charge in [-0.15, -0.1) is 0 Å². The highest BCUT2D eigenvalue weighted by molar-refractivity contribution is 5.70. The van der Waals surface area contributed by atoms with E-state index in [9.17, 15) is 4.79 Å². The van der Waals surface area contributed by atoms with E-state index < -0.39 is 5.97 Å². The quantitative estimate of drug-likeness (QED) is 0.676. The van der Waals surface area contributed by atoms with Crippen molar-refractivity contribution < 1.29 is 14.6 Å². The van der Waals surface area contributed by atoms with Crippen molar-refractivity contribution in [2.24, 2.45) is 5.73 Å². The topological polar surface area (TPSA) is 72.5 Å². The van der Waals surface area contributed by atoms with Crippen molar-refractivity contribution in [1.29, 1.82) is 0 Å². The summed E-state index contributed by atoms with van der Waals surface area (Å²) in [7, 11) is 0. The molecule has 0 amide bonds. The molecule has 94 valence electrons. The summed E-state index contributed by atoms with van der Waals surface area (Å²) in [5, 5.41) is 8.68. The van der Waals surface area contributed by atoms with Gasteiger partial charge in [-0.2, -0.15) is 0 Å². The summed E-state index contributed by atoms with van der Waals surface area (Å²) in [6.07, 6.45) is 3.08. The predicted octanol–water partition coefficient (Wildman–Crippen LogP) is 1.82. The number of hydrogen-bond donors (Lipinski definition) is 2. The van der Waals surface area contributed by atoms with E-state index in [4.69, 9.17) is 15.6 Å². The minimum absolute atomic E-state index is 0.0321. The number of rotatable bonds is 8. The molecule has 0 heterocycles. The van der Waals surface area contributed by atoms with Gasteiger partial charge in [-0.3, -0.25) is 4.79 Å². The van der Waals surface area contributed by atoms with Gasteiger partial charge in [0.05, 0.1) is 13.0 Å². The Balaban J connectivity index is 2.35. The highest BCUT2D eigenvalue weighted by Gasteiger charge is 2.01. The number of benzene rings is 1. The summed E-state index contributed by atoms with van der Waals surface area (Å²) < 4.78 is 5.54. The molecule has 1 rings (SSSR count). The SMILES string of the molecule is NCCCCCOc1cccc(CC(=O)O)c1. The number of carboxylic acid groups (broad SMARTS) is 1. The fourth-order valence-corrected chi connectivity index (χ4v) is 1.53. The molecule has 3 N–H and O–H groups in total. The van der Waals surface area contributed by atoms with Crippen LogP contribution in [-0.4, -0.2) is 24.2 Å². The molecule has 0 saturated carbocycles. The second-order valence-electron chi connectivity index (χ2n) is 3.92. The molecule has 0 unspecified atom stereocenters. The first-order valence-electron chi connectivity index (χ1n) is 5.86. The monoisotopic (exact) mass is 237 g/mol. The Labute approximate surface area is 101 Å². The average Bonchev–Trinajstić information content (AvgIpc) is 2.28. The zero-order valence-electron chi connectivity index (χ0n) is 9.89. The maximum absolute atomic E-state index is 10.6. The van der Waals surface area contributed by atoms with Crippen molar-refractivity contribution in [2.45, 2.75) is 25.7 Å². The number of hydrogen-bond acceptors (Lipinski definition) is 3. The van der Waals surface area contributed by atoms with E-state index in [2.05, 4.69) is 0 Å². The first kappa shape index (κ1) is 13.5. The summed E-state index contributed by atoms with van der Waals surface area (Å²) in [5.41, 5.74) is 6.15. The molecule has 4 nitrogen and oxygen atoms in total. The highest BCUT2D eigenvalue weighted by Crippen LogP contribution is 2.14. The van der Waals surface area contributed by atoms with Crippen LogP contribution in [0.1, 0.15) is 24.8 Å². The van der Waals surface area contributed by atoms with Crippen LogP contribution < -0.4 is 10.5 Å². The minimum Gasteiger partial charge on any atom is -0.494 e. The van der Waals surface area contributed by atoms with Crippen molar-refractivity contribution in [1.82, 2.24) is 0 Å². The number of ether oxygens (including phenoxy) is 1. The molecule has 0 aliphatic rings. The Bertz CT molecular complexity index is 352. The molecular formula is C13H19NO3. The van der Waals surface area contributed by atoms with E-state index in [0.29, 0.717) is 13.2 Å². The maximum atomic E-state index is 10.6. The smallest absolute Gasteiger partial charge is 0.307 e. The van der Waals surface area contributed by atoms with Crippen LogP contribution in [0.25, 0.3) is 0 Å². The van der Waals surface area contributed by atoms with Crippen molar-refractivity contribution >= 4 is 5.97 Å². The van der Waals surface area contributed by atoms with E-state index in [1.165, 1.54) is 0 Å². The summed E-state index contributed by atoms with van der Waals surface area (Å²) in [5.74, 6) is -0.0957. The largest absolute Gasteiger partial charge is 0.494 e. The third kappa shape index (κ3) is 5.92. The van der Waals surface area contributed by atoms with Gasteiger partial charge in [0.1, 0.15) is 5.75 Å². The standard InChI is InChI=1S/C13H19NO3/c14-7-2-1-3-8-17-12-6-4-5-11(9-12)10-13(15)16/h4-6,9H,1-3,7-8,10,14H2,(H,15,16). The average molecular weight is 237 g/mol. The molecular weight excluding hydrogens is 218 g/mol. The summed E-state index contributed by atoms with van der Waals surface area (Å²) in [6, 6.07) is 7.22. The van der Waals surface area contributed by atoms with Gasteiger partial charge in [0.25, 0.3) is 0 Å². The third-order valence-electron chi connectivity index (χ3n) is 2.37. The summed E-state index contributed by atoms with van der Waals surface area (Å²) in [6.45, 7) is 1.37. The predicted molar refractivity (Wildman–Crippen MR) is 66.2 cm³/mol. The Morgan fingerprint density at radius 3 is 2.82 bits per heavy atom. The van der Waals surface area contributed by atoms with E-state index in [1.807, 2.05) is 12.1 Å². The third-order valence-corrected chi connectivity index (χ3v) is 2.37. The fraction of sp³-hybridized carbons (Fsp3) is 0.462. The zero-order valence-corrected chi connectivity index (χ0v) is 9.89. The summed E-state index contributed by atoms with van der Waals surface area (Å²) in [4.78, 5) is 10.6. The number of unbranched alkanes of at least 4 members (excludes halogenated alkanes) is 2. The van der Waals surface area contributed by atoms with E-state index >= 15 is 0 Å². The molecule has 0 atom stereocenters. The molecule has 0 aromatic heterocycles. The molecule has 0 aliphatic carbocycles. The number of carbonyl (C=O) groups is 1. The highest BCUT2D eigenvalue weighted by atomic mass is 16.5. The van der Waals surface area contributed by atoms with Crippen LogP contribution in [0.15, 0.2) is 24.3 Å². The first-order chi connectivity index (χ1) is 8.22. The van der Waals surface area contributed by atoms with Gasteiger partial charge < -0.3 is 15.6 Å². The normalized spacial score (nSPS) is 10.2. The molecule has 0 spiro atoms. The van der Waals surface area contributed by atoms with E-state index in [-0.39, 0.29) is 6.42 Å². The molecule has 4 heteroatoms. The lowest BCUT2D eigenvalue weighted by Gasteiger charge is -2.07. The molecule has 0 radical (unpaired) electrons. The van der Waals surface area contributed by atoms with Crippen LogP contribution in [0.4, 0.5) is 0 Å². The molecule has 1 aromatic carbocycles. The summed E-state index contributed by atoms with van der Waals surface area (Å²) >= 11 is 0. The van der Waals surface area contributed by atoms with Gasteiger partial charge in [-0.1, -0.05) is 12.1 Å². The molecule has 1 aromatic rings. The van der Waals surface area contributed by atoms with Gasteiger partial charge in [0, 0.05) is 0 Å². The second kappa shape index (κ2) is 7.68. The Morgan fingerprint density at radius 2 is 2.12 bits per heavy atom. The first-order valence-corrected chi connectivity index (χ1v) is 5.86. The molecule has 0 bridgehead atoms. The molecule has 0 saturated heterocycles. The zero-order chi connectivity index (χ0) is 12.5. The molecule has 0 aliphatic heterocycles. The fourth-order valence-electron chi connectivity index (χ4n) is 1.53. The van der Waals surface area contributed by atoms with Crippen LogP contribution in [0.3, 0.4) is 0 Å². The Hall–Kier alpha value is -1.55. The lowest BCUT2D eigenvalue weighted by Crippen LogP contribution is -2.03. The Kier molecular flexibility index (Phi) is 6.10. The lowest BCUT2D eigenvalue weighted by molar-refractivity contribution is -0.136. The van der Waals surface area contributed by atoms with Crippen molar-refractivity contribution in [3.63, 3.8) is 0 Å². The molecule has 17 heavy (non-hydrogen) atoms. The second-order valence-corrected chi connectivity index (χ2v) is 3.92. The lowest BCUT2D eigenvalue weighted by atomic mass is 10.1. The number of nitrogens with two attached hydrogens (primary N) is 1. The van der Waals surface area contributed by atoms with Crippen LogP contribution >= 0.6 is 0 Å². The van der Waals surface area contributed by atoms with Crippen molar-refractivity contribution in [3.8, 4) is 5.75 Å². The minimum atomic E-state index is -0.829. The van der Waals surface area contributed by atoms with Gasteiger partial charge in [0.15, 0.2) is 0 Å². The van der Waals surface area contributed by atoms with Crippen LogP contribution in [-0.2, 0) is 11.2 Å². The number of aliphatic carboxylic acids is 1. The molecule has 0 fully saturated rings. The van der Waals surface area contributed by atoms with Crippen LogP contribution in [0.2, 0.25) is 0 Å². The van der Waals surface area contributed by atoms with E-state index in [0.717, 1.165) is 30.6 Å². The van der Waals surface area contributed by atoms with Crippen LogP contribution in [0.5, 0.6) is 5.75 Å². The van der Waals surface area contributed by atoms with Gasteiger partial charge in [-0.25, -0.2) is 0 Å². The van der Waals surface area contributed by atoms with Gasteiger partial charge in [-0.05, 0) is 43.5 Å². The maximum Gasteiger partial charge on any atom is 0.307 e. The Morgan fingerprint density at radius 1 is 1.29 bits per heavy atom. The van der Waals surface area contributed by atoms with Crippen LogP contribution in [0, 0.1) is 0 Å². The van der Waals surface area contributed by atoms with Gasteiger partial charge in [0.2, 0.25) is 0 Å². The van der Waals surface area contributed by atoms with E-state index in [1.54, 1.807) is 12.1 Å². The number of carboxylic acids is 1. The van der Waals surface area contributed by atoms with Gasteiger partial charge >= 0.3 is 5.97 Å². The van der Waals surface area contributed by atoms with Crippen molar-refractivity contribution in [3.05, 3.63) is 29.8 Å². The van der Waals surface area contributed by atoms with Crippen molar-refractivity contribution in [2.75, 3.05) is 13.2 Å².